The SMILES string of the molecule is CC(C)C[Si](CC(C)C)(CC(C)C)N1CCN(CC(C)C#N)C1. The predicted molar refractivity (Wildman–Crippen MR) is 103 cm³/mol. The second kappa shape index (κ2) is 9.20. The zero-order valence-electron chi connectivity index (χ0n) is 16.6. The number of nitrogens with zero attached hydrogens (tertiary/aromatic N) is 3. The minimum Gasteiger partial charge on any atom is -0.310 e. The molecule has 4 heteroatoms. The van der Waals surface area contributed by atoms with Gasteiger partial charge in [0.25, 0.3) is 0 Å². The van der Waals surface area contributed by atoms with E-state index in [4.69, 9.17) is 5.26 Å². The molecule has 0 N–H and O–H groups in total. The van der Waals surface area contributed by atoms with Gasteiger partial charge < -0.3 is 4.57 Å². The minimum atomic E-state index is -1.45. The Balaban J connectivity index is 2.92. The third-order valence-electron chi connectivity index (χ3n) is 4.84. The molecule has 0 saturated carbocycles. The summed E-state index contributed by atoms with van der Waals surface area (Å²) in [5, 5.41) is 9.10. The summed E-state index contributed by atoms with van der Waals surface area (Å²) >= 11 is 0. The largest absolute Gasteiger partial charge is 0.310 e. The van der Waals surface area contributed by atoms with E-state index in [2.05, 4.69) is 57.1 Å². The molecule has 0 aromatic carbocycles. The summed E-state index contributed by atoms with van der Waals surface area (Å²) in [5.74, 6) is 2.50. The second-order valence-corrected chi connectivity index (χ2v) is 13.3. The maximum atomic E-state index is 9.10. The highest BCUT2D eigenvalue weighted by Crippen LogP contribution is 2.36. The molecule has 3 nitrogen and oxygen atoms in total. The minimum absolute atomic E-state index is 0.145. The van der Waals surface area contributed by atoms with Crippen LogP contribution >= 0.6 is 0 Å². The molecule has 134 valence electrons. The first-order valence-electron chi connectivity index (χ1n) is 9.55. The molecule has 1 atom stereocenters. The van der Waals surface area contributed by atoms with Crippen LogP contribution in [0.3, 0.4) is 0 Å². The highest BCUT2D eigenvalue weighted by atomic mass is 28.3. The smallest absolute Gasteiger partial charge is 0.130 e. The molecule has 1 heterocycles. The zero-order chi connectivity index (χ0) is 17.6. The Morgan fingerprint density at radius 2 is 1.35 bits per heavy atom. The lowest BCUT2D eigenvalue weighted by molar-refractivity contribution is 0.278. The molecule has 0 aliphatic carbocycles. The van der Waals surface area contributed by atoms with E-state index in [9.17, 15) is 0 Å². The van der Waals surface area contributed by atoms with Crippen LogP contribution in [0.25, 0.3) is 0 Å². The lowest BCUT2D eigenvalue weighted by atomic mass is 10.2. The fraction of sp³-hybridized carbons (Fsp3) is 0.947. The van der Waals surface area contributed by atoms with E-state index in [-0.39, 0.29) is 5.92 Å². The molecule has 23 heavy (non-hydrogen) atoms. The van der Waals surface area contributed by atoms with Gasteiger partial charge in [-0.05, 0) is 42.8 Å². The van der Waals surface area contributed by atoms with Gasteiger partial charge in [-0.3, -0.25) is 4.90 Å². The highest BCUT2D eigenvalue weighted by molar-refractivity contribution is 6.77. The summed E-state index contributed by atoms with van der Waals surface area (Å²) < 4.78 is 2.89. The monoisotopic (exact) mass is 337 g/mol. The number of hydrogen-bond acceptors (Lipinski definition) is 3. The van der Waals surface area contributed by atoms with Gasteiger partial charge in [0, 0.05) is 26.3 Å². The standard InChI is InChI=1S/C19H39N3Si/c1-16(2)12-23(13-17(3)4,14-18(5)6)22-9-8-21(15-22)11-19(7)10-20/h16-19H,8-9,11-15H2,1-7H3. The molecule has 1 rings (SSSR count). The van der Waals surface area contributed by atoms with Gasteiger partial charge in [0.15, 0.2) is 0 Å². The Kier molecular flexibility index (Phi) is 8.27. The Labute approximate surface area is 146 Å². The average molecular weight is 338 g/mol. The maximum Gasteiger partial charge on any atom is 0.130 e. The van der Waals surface area contributed by atoms with Gasteiger partial charge in [0.2, 0.25) is 0 Å². The quantitative estimate of drug-likeness (QED) is 0.574. The van der Waals surface area contributed by atoms with E-state index in [0.29, 0.717) is 0 Å². The number of hydrogen-bond donors (Lipinski definition) is 0. The van der Waals surface area contributed by atoms with Crippen molar-refractivity contribution in [2.24, 2.45) is 23.7 Å². The van der Waals surface area contributed by atoms with Crippen molar-refractivity contribution in [1.82, 2.24) is 9.47 Å². The van der Waals surface area contributed by atoms with E-state index in [0.717, 1.165) is 37.5 Å². The van der Waals surface area contributed by atoms with Gasteiger partial charge >= 0.3 is 0 Å². The van der Waals surface area contributed by atoms with Crippen molar-refractivity contribution in [1.29, 1.82) is 5.26 Å². The van der Waals surface area contributed by atoms with Crippen molar-refractivity contribution < 1.29 is 0 Å². The third-order valence-corrected chi connectivity index (χ3v) is 11.3. The van der Waals surface area contributed by atoms with Crippen LogP contribution in [0.15, 0.2) is 0 Å². The zero-order valence-corrected chi connectivity index (χ0v) is 17.6. The summed E-state index contributed by atoms with van der Waals surface area (Å²) in [5.41, 5.74) is 0. The Morgan fingerprint density at radius 3 is 1.74 bits per heavy atom. The summed E-state index contributed by atoms with van der Waals surface area (Å²) in [6.07, 6.45) is 0. The first-order valence-corrected chi connectivity index (χ1v) is 12.1. The fourth-order valence-corrected chi connectivity index (χ4v) is 11.4. The lowest BCUT2D eigenvalue weighted by Crippen LogP contribution is -2.55. The lowest BCUT2D eigenvalue weighted by Gasteiger charge is -2.44. The van der Waals surface area contributed by atoms with E-state index >= 15 is 0 Å². The van der Waals surface area contributed by atoms with Crippen LogP contribution in [0.1, 0.15) is 48.5 Å². The summed E-state index contributed by atoms with van der Waals surface area (Å²) in [6, 6.07) is 6.66. The van der Waals surface area contributed by atoms with Crippen LogP contribution in [-0.4, -0.2) is 44.0 Å². The van der Waals surface area contributed by atoms with Crippen molar-refractivity contribution in [3.05, 3.63) is 0 Å². The molecule has 0 aromatic rings. The first-order chi connectivity index (χ1) is 10.7. The summed E-state index contributed by atoms with van der Waals surface area (Å²) in [7, 11) is -1.45. The van der Waals surface area contributed by atoms with E-state index in [1.165, 1.54) is 24.7 Å². The topological polar surface area (TPSA) is 30.3 Å². The molecule has 0 aromatic heterocycles. The number of nitriles is 1. The normalized spacial score (nSPS) is 19.0. The Bertz CT molecular complexity index is 360. The van der Waals surface area contributed by atoms with Crippen LogP contribution in [0.4, 0.5) is 0 Å². The van der Waals surface area contributed by atoms with Crippen molar-refractivity contribution in [2.75, 3.05) is 26.3 Å². The molecule has 1 aliphatic heterocycles. The van der Waals surface area contributed by atoms with Crippen LogP contribution in [-0.2, 0) is 0 Å². The molecule has 1 fully saturated rings. The summed E-state index contributed by atoms with van der Waals surface area (Å²) in [4.78, 5) is 2.51. The van der Waals surface area contributed by atoms with Gasteiger partial charge in [-0.2, -0.15) is 5.26 Å². The Morgan fingerprint density at radius 1 is 0.870 bits per heavy atom. The fourth-order valence-electron chi connectivity index (χ4n) is 4.53. The summed E-state index contributed by atoms with van der Waals surface area (Å²) in [6.45, 7) is 20.8. The van der Waals surface area contributed by atoms with Crippen molar-refractivity contribution >= 4 is 8.24 Å². The molecule has 1 aliphatic rings. The van der Waals surface area contributed by atoms with Crippen LogP contribution < -0.4 is 0 Å². The molecule has 0 radical (unpaired) electrons. The first kappa shape index (κ1) is 20.7. The Hall–Kier alpha value is -0.373. The van der Waals surface area contributed by atoms with Crippen LogP contribution in [0.5, 0.6) is 0 Å². The van der Waals surface area contributed by atoms with Gasteiger partial charge in [-0.15, -0.1) is 0 Å². The molecular formula is C19H39N3Si. The van der Waals surface area contributed by atoms with E-state index in [1.807, 2.05) is 6.92 Å². The molecule has 0 bridgehead atoms. The third kappa shape index (κ3) is 6.56. The highest BCUT2D eigenvalue weighted by Gasteiger charge is 2.43. The van der Waals surface area contributed by atoms with Crippen LogP contribution in [0, 0.1) is 35.0 Å². The van der Waals surface area contributed by atoms with Crippen molar-refractivity contribution in [3.63, 3.8) is 0 Å². The average Bonchev–Trinajstić information content (AvgIpc) is 2.84. The molecule has 1 unspecified atom stereocenters. The second-order valence-electron chi connectivity index (χ2n) is 9.03. The molecular weight excluding hydrogens is 298 g/mol. The van der Waals surface area contributed by atoms with Crippen molar-refractivity contribution in [2.45, 2.75) is 66.6 Å². The van der Waals surface area contributed by atoms with Gasteiger partial charge in [0.05, 0.1) is 12.0 Å². The number of rotatable bonds is 9. The van der Waals surface area contributed by atoms with Gasteiger partial charge in [-0.1, -0.05) is 41.5 Å². The van der Waals surface area contributed by atoms with E-state index < -0.39 is 8.24 Å². The van der Waals surface area contributed by atoms with Gasteiger partial charge in [-0.25, -0.2) is 0 Å². The van der Waals surface area contributed by atoms with E-state index in [1.54, 1.807) is 0 Å². The predicted octanol–water partition coefficient (Wildman–Crippen LogP) is 4.63. The molecule has 1 saturated heterocycles. The van der Waals surface area contributed by atoms with Gasteiger partial charge in [0.1, 0.15) is 8.24 Å². The van der Waals surface area contributed by atoms with Crippen LogP contribution in [0.2, 0.25) is 18.1 Å². The molecule has 0 spiro atoms. The molecule has 0 amide bonds. The van der Waals surface area contributed by atoms with Crippen molar-refractivity contribution in [3.8, 4) is 6.07 Å². The maximum absolute atomic E-state index is 9.10.